The Labute approximate surface area is 105 Å². The van der Waals surface area contributed by atoms with Crippen molar-refractivity contribution in [1.29, 1.82) is 0 Å². The molecule has 1 aliphatic rings. The number of rotatable bonds is 1. The van der Waals surface area contributed by atoms with Gasteiger partial charge in [-0.15, -0.1) is 0 Å². The van der Waals surface area contributed by atoms with Gasteiger partial charge in [0.15, 0.2) is 0 Å². The fourth-order valence-corrected chi connectivity index (χ4v) is 1.97. The molecule has 1 heterocycles. The monoisotopic (exact) mass is 262 g/mol. The molecular weight excluding hydrogens is 244 g/mol. The zero-order valence-electron chi connectivity index (χ0n) is 10.3. The van der Waals surface area contributed by atoms with E-state index in [1.807, 2.05) is 20.8 Å². The van der Waals surface area contributed by atoms with Crippen molar-refractivity contribution in [3.05, 3.63) is 0 Å². The van der Waals surface area contributed by atoms with E-state index in [-0.39, 0.29) is 6.09 Å². The first-order valence-electron chi connectivity index (χ1n) is 5.42. The van der Waals surface area contributed by atoms with Crippen LogP contribution < -0.4 is 0 Å². The topological polar surface area (TPSA) is 70.1 Å². The van der Waals surface area contributed by atoms with Gasteiger partial charge in [0.2, 0.25) is 0 Å². The van der Waals surface area contributed by atoms with Crippen molar-refractivity contribution in [2.75, 3.05) is 26.2 Å². The quantitative estimate of drug-likeness (QED) is 0.727. The zero-order valence-corrected chi connectivity index (χ0v) is 11.1. The summed E-state index contributed by atoms with van der Waals surface area (Å²) in [5, 5.41) is 7.69. The summed E-state index contributed by atoms with van der Waals surface area (Å²) < 4.78 is 6.96. The van der Waals surface area contributed by atoms with Crippen LogP contribution in [0.15, 0.2) is 0 Å². The molecule has 0 aliphatic carbocycles. The molecule has 17 heavy (non-hydrogen) atoms. The smallest absolute Gasteiger partial charge is 0.410 e. The summed E-state index contributed by atoms with van der Waals surface area (Å²) >= 11 is 0.773. The van der Waals surface area contributed by atoms with Crippen LogP contribution in [0, 0.1) is 0 Å². The minimum absolute atomic E-state index is 0.336. The fraction of sp³-hybridized carbons (Fsp3) is 0.800. The van der Waals surface area contributed by atoms with Gasteiger partial charge in [0.25, 0.3) is 0 Å². The van der Waals surface area contributed by atoms with Crippen molar-refractivity contribution in [3.63, 3.8) is 0 Å². The Kier molecular flexibility index (Phi) is 4.64. The maximum atomic E-state index is 11.7. The van der Waals surface area contributed by atoms with E-state index >= 15 is 0 Å². The molecule has 6 nitrogen and oxygen atoms in total. The molecule has 0 unspecified atom stereocenters. The van der Waals surface area contributed by atoms with Gasteiger partial charge in [0.1, 0.15) is 5.60 Å². The number of piperazine rings is 1. The van der Waals surface area contributed by atoms with Crippen LogP contribution in [-0.2, 0) is 4.74 Å². The molecule has 0 aromatic carbocycles. The lowest BCUT2D eigenvalue weighted by Crippen LogP contribution is -2.48. The van der Waals surface area contributed by atoms with Crippen LogP contribution >= 0.6 is 11.9 Å². The molecule has 0 bridgehead atoms. The first-order chi connectivity index (χ1) is 7.78. The Morgan fingerprint density at radius 3 is 2.12 bits per heavy atom. The van der Waals surface area contributed by atoms with E-state index in [1.54, 1.807) is 9.21 Å². The maximum absolute atomic E-state index is 11.7. The van der Waals surface area contributed by atoms with Gasteiger partial charge < -0.3 is 14.7 Å². The third-order valence-corrected chi connectivity index (χ3v) is 2.88. The van der Waals surface area contributed by atoms with Gasteiger partial charge in [-0.25, -0.2) is 13.9 Å². The lowest BCUT2D eigenvalue weighted by Gasteiger charge is -2.34. The fourth-order valence-electron chi connectivity index (χ4n) is 1.40. The van der Waals surface area contributed by atoms with Crippen LogP contribution in [-0.4, -0.2) is 57.5 Å². The number of carbonyl (C=O) groups excluding carboxylic acids is 1. The number of nitrogens with zero attached hydrogens (tertiary/aromatic N) is 2. The second kappa shape index (κ2) is 5.59. The molecule has 98 valence electrons. The molecule has 0 saturated carbocycles. The van der Waals surface area contributed by atoms with Crippen molar-refractivity contribution in [2.24, 2.45) is 0 Å². The SMILES string of the molecule is CC(C)(C)OC(=O)N1CCN(SC(=O)O)CC1. The Morgan fingerprint density at radius 1 is 1.18 bits per heavy atom. The van der Waals surface area contributed by atoms with Gasteiger partial charge in [-0.2, -0.15) is 0 Å². The normalized spacial score (nSPS) is 17.9. The van der Waals surface area contributed by atoms with Crippen molar-refractivity contribution < 1.29 is 19.4 Å². The lowest BCUT2D eigenvalue weighted by atomic mass is 10.2. The summed E-state index contributed by atoms with van der Waals surface area (Å²) in [7, 11) is 0. The predicted molar refractivity (Wildman–Crippen MR) is 65.0 cm³/mol. The van der Waals surface area contributed by atoms with Gasteiger partial charge in [0.05, 0.1) is 0 Å². The molecule has 0 atom stereocenters. The van der Waals surface area contributed by atoms with Crippen molar-refractivity contribution in [3.8, 4) is 0 Å². The van der Waals surface area contributed by atoms with Crippen molar-refractivity contribution in [2.45, 2.75) is 26.4 Å². The third-order valence-electron chi connectivity index (χ3n) is 2.10. The van der Waals surface area contributed by atoms with E-state index in [9.17, 15) is 9.59 Å². The Hall–Kier alpha value is -0.950. The van der Waals surface area contributed by atoms with Crippen LogP contribution in [0.25, 0.3) is 0 Å². The minimum atomic E-state index is -0.921. The molecule has 0 aromatic heterocycles. The van der Waals surface area contributed by atoms with E-state index in [0.717, 1.165) is 11.9 Å². The molecule has 0 spiro atoms. The Balaban J connectivity index is 2.36. The van der Waals surface area contributed by atoms with Crippen LogP contribution in [0.4, 0.5) is 9.59 Å². The number of carbonyl (C=O) groups is 2. The molecule has 0 aromatic rings. The summed E-state index contributed by atoms with van der Waals surface area (Å²) in [4.78, 5) is 23.8. The average molecular weight is 262 g/mol. The third kappa shape index (κ3) is 5.27. The van der Waals surface area contributed by atoms with E-state index in [4.69, 9.17) is 9.84 Å². The summed E-state index contributed by atoms with van der Waals surface area (Å²) in [6.45, 7) is 7.53. The first kappa shape index (κ1) is 14.1. The molecule has 1 aliphatic heterocycles. The second-order valence-corrected chi connectivity index (χ2v) is 5.80. The standard InChI is InChI=1S/C10H18N2O4S/c1-10(2,3)16-8(13)11-4-6-12(7-5-11)17-9(14)15/h4-7H2,1-3H3,(H,14,15). The van der Waals surface area contributed by atoms with Crippen molar-refractivity contribution >= 4 is 23.3 Å². The zero-order chi connectivity index (χ0) is 13.1. The van der Waals surface area contributed by atoms with Crippen LogP contribution in [0.5, 0.6) is 0 Å². The molecule has 0 radical (unpaired) electrons. The highest BCUT2D eigenvalue weighted by atomic mass is 32.2. The van der Waals surface area contributed by atoms with Crippen LogP contribution in [0.3, 0.4) is 0 Å². The highest BCUT2D eigenvalue weighted by Gasteiger charge is 2.26. The summed E-state index contributed by atoms with van der Waals surface area (Å²) in [5.74, 6) is 0. The number of amides is 1. The number of hydrogen-bond acceptors (Lipinski definition) is 5. The Bertz CT molecular complexity index is 295. The maximum Gasteiger partial charge on any atom is 0.410 e. The first-order valence-corrected chi connectivity index (χ1v) is 6.19. The summed E-state index contributed by atoms with van der Waals surface area (Å²) in [6, 6.07) is 0. The van der Waals surface area contributed by atoms with Gasteiger partial charge in [-0.05, 0) is 20.8 Å². The highest BCUT2D eigenvalue weighted by Crippen LogP contribution is 2.16. The number of ether oxygens (including phenoxy) is 1. The van der Waals surface area contributed by atoms with E-state index in [0.29, 0.717) is 26.2 Å². The Morgan fingerprint density at radius 2 is 1.71 bits per heavy atom. The molecule has 1 N–H and O–H groups in total. The van der Waals surface area contributed by atoms with E-state index in [1.165, 1.54) is 0 Å². The number of hydrogen-bond donors (Lipinski definition) is 1. The van der Waals surface area contributed by atoms with Gasteiger partial charge in [0, 0.05) is 38.1 Å². The average Bonchev–Trinajstić information content (AvgIpc) is 2.15. The number of carboxylic acid groups (broad SMARTS) is 1. The van der Waals surface area contributed by atoms with Crippen LogP contribution in [0.2, 0.25) is 0 Å². The molecule has 1 rings (SSSR count). The van der Waals surface area contributed by atoms with Crippen molar-refractivity contribution in [1.82, 2.24) is 9.21 Å². The predicted octanol–water partition coefficient (Wildman–Crippen LogP) is 1.87. The van der Waals surface area contributed by atoms with Gasteiger partial charge in [-0.1, -0.05) is 0 Å². The van der Waals surface area contributed by atoms with E-state index in [2.05, 4.69) is 0 Å². The molecule has 1 saturated heterocycles. The molecule has 1 amide bonds. The molecule has 7 heteroatoms. The lowest BCUT2D eigenvalue weighted by molar-refractivity contribution is 0.0198. The van der Waals surface area contributed by atoms with E-state index < -0.39 is 10.9 Å². The molecule has 1 fully saturated rings. The minimum Gasteiger partial charge on any atom is -0.472 e. The molecular formula is C10H18N2O4S. The largest absolute Gasteiger partial charge is 0.472 e. The van der Waals surface area contributed by atoms with Gasteiger partial charge in [-0.3, -0.25) is 0 Å². The summed E-state index contributed by atoms with van der Waals surface area (Å²) in [6.07, 6.45) is -0.336. The second-order valence-electron chi connectivity index (χ2n) is 4.75. The summed E-state index contributed by atoms with van der Waals surface area (Å²) in [5.41, 5.74) is -0.496. The van der Waals surface area contributed by atoms with Crippen LogP contribution in [0.1, 0.15) is 20.8 Å². The van der Waals surface area contributed by atoms with Gasteiger partial charge >= 0.3 is 11.4 Å². The highest BCUT2D eigenvalue weighted by molar-refractivity contribution is 8.11.